The molecule has 0 bridgehead atoms. The Morgan fingerprint density at radius 2 is 2.11 bits per heavy atom. The van der Waals surface area contributed by atoms with Crippen molar-refractivity contribution in [2.45, 2.75) is 32.9 Å². The van der Waals surface area contributed by atoms with Crippen molar-refractivity contribution in [2.75, 3.05) is 0 Å². The van der Waals surface area contributed by atoms with Crippen LogP contribution >= 0.6 is 0 Å². The van der Waals surface area contributed by atoms with Gasteiger partial charge >= 0.3 is 0 Å². The number of hydrogen-bond acceptors (Lipinski definition) is 1. The summed E-state index contributed by atoms with van der Waals surface area (Å²) < 4.78 is 12.8. The number of aldehydes is 1. The first kappa shape index (κ1) is 8.60. The summed E-state index contributed by atoms with van der Waals surface area (Å²) >= 11 is 0. The van der Waals surface area contributed by atoms with Crippen LogP contribution in [0.15, 0.2) is 0 Å². The maximum atomic E-state index is 12.8. The van der Waals surface area contributed by atoms with Crippen LogP contribution in [0.3, 0.4) is 0 Å². The first-order valence-corrected chi connectivity index (χ1v) is 3.11. The lowest BCUT2D eigenvalue weighted by molar-refractivity contribution is -0.109. The minimum absolute atomic E-state index is 0.171. The quantitative estimate of drug-likeness (QED) is 0.536. The Bertz CT molecular complexity index is 93.6. The van der Waals surface area contributed by atoms with Crippen LogP contribution < -0.4 is 0 Å². The van der Waals surface area contributed by atoms with Gasteiger partial charge in [0.2, 0.25) is 0 Å². The number of rotatable bonds is 3. The molecule has 0 aliphatic carbocycles. The third kappa shape index (κ3) is 3.22. The monoisotopic (exact) mass is 132 g/mol. The van der Waals surface area contributed by atoms with Gasteiger partial charge in [-0.15, -0.1) is 0 Å². The van der Waals surface area contributed by atoms with E-state index >= 15 is 0 Å². The van der Waals surface area contributed by atoms with Crippen molar-refractivity contribution in [3.63, 3.8) is 0 Å². The van der Waals surface area contributed by atoms with E-state index in [0.717, 1.165) is 6.29 Å². The predicted octanol–water partition coefficient (Wildman–Crippen LogP) is 1.96. The average Bonchev–Trinajstić information content (AvgIpc) is 1.64. The molecule has 0 fully saturated rings. The third-order valence-corrected chi connectivity index (χ3v) is 1.62. The first-order valence-electron chi connectivity index (χ1n) is 3.11. The van der Waals surface area contributed by atoms with Crippen LogP contribution in [-0.4, -0.2) is 12.0 Å². The predicted molar refractivity (Wildman–Crippen MR) is 35.0 cm³/mol. The van der Waals surface area contributed by atoms with Crippen molar-refractivity contribution < 1.29 is 9.18 Å². The molecule has 1 unspecified atom stereocenters. The van der Waals surface area contributed by atoms with E-state index in [2.05, 4.69) is 0 Å². The zero-order valence-corrected chi connectivity index (χ0v) is 6.15. The molecular weight excluding hydrogens is 119 g/mol. The summed E-state index contributed by atoms with van der Waals surface area (Å²) in [5.74, 6) is -0.171. The summed E-state index contributed by atoms with van der Waals surface area (Å²) in [4.78, 5) is 9.90. The van der Waals surface area contributed by atoms with E-state index in [1.54, 1.807) is 6.92 Å². The summed E-state index contributed by atoms with van der Waals surface area (Å²) in [5, 5.41) is 0. The molecule has 0 aliphatic heterocycles. The lowest BCUT2D eigenvalue weighted by Gasteiger charge is -2.20. The molecule has 0 spiro atoms. The molecule has 0 saturated heterocycles. The number of carbonyl (C=O) groups is 1. The first-order chi connectivity index (χ1) is 3.98. The van der Waals surface area contributed by atoms with E-state index in [4.69, 9.17) is 0 Å². The fourth-order valence-electron chi connectivity index (χ4n) is 0.425. The van der Waals surface area contributed by atoms with E-state index in [1.165, 1.54) is 13.8 Å². The van der Waals surface area contributed by atoms with Crippen molar-refractivity contribution in [1.29, 1.82) is 0 Å². The Morgan fingerprint density at radius 3 is 2.22 bits per heavy atom. The number of carbonyl (C=O) groups excluding carboxylic acids is 1. The number of halogens is 1. The lowest BCUT2D eigenvalue weighted by atomic mass is 9.92. The smallest absolute Gasteiger partial charge is 0.120 e. The summed E-state index contributed by atoms with van der Waals surface area (Å²) in [5.41, 5.74) is -1.22. The van der Waals surface area contributed by atoms with Gasteiger partial charge in [-0.1, -0.05) is 6.92 Å². The summed E-state index contributed by atoms with van der Waals surface area (Å²) in [6, 6.07) is 0. The molecule has 54 valence electrons. The molecule has 0 aromatic rings. The second-order valence-corrected chi connectivity index (χ2v) is 2.87. The summed E-state index contributed by atoms with van der Waals surface area (Å²) in [6.07, 6.45) is 1.06. The third-order valence-electron chi connectivity index (χ3n) is 1.62. The van der Waals surface area contributed by atoms with E-state index in [0.29, 0.717) is 6.42 Å². The summed E-state index contributed by atoms with van der Waals surface area (Å²) in [6.45, 7) is 4.71. The molecule has 1 nitrogen and oxygen atoms in total. The standard InChI is InChI=1S/C7H13FO/c1-6(4-5-9)7(2,3)8/h5-6H,4H2,1-3H3. The molecule has 0 N–H and O–H groups in total. The van der Waals surface area contributed by atoms with Crippen LogP contribution in [0.4, 0.5) is 4.39 Å². The Hall–Kier alpha value is -0.400. The Morgan fingerprint density at radius 1 is 1.67 bits per heavy atom. The highest BCUT2D eigenvalue weighted by molar-refractivity contribution is 5.49. The van der Waals surface area contributed by atoms with E-state index in [1.807, 2.05) is 0 Å². The zero-order chi connectivity index (χ0) is 7.49. The molecule has 0 heterocycles. The zero-order valence-electron chi connectivity index (χ0n) is 6.15. The van der Waals surface area contributed by atoms with Gasteiger partial charge in [-0.25, -0.2) is 4.39 Å². The van der Waals surface area contributed by atoms with E-state index < -0.39 is 5.67 Å². The number of hydrogen-bond donors (Lipinski definition) is 0. The van der Waals surface area contributed by atoms with Crippen LogP contribution in [0.1, 0.15) is 27.2 Å². The number of alkyl halides is 1. The van der Waals surface area contributed by atoms with Crippen LogP contribution in [0, 0.1) is 5.92 Å². The molecule has 0 rings (SSSR count). The Kier molecular flexibility index (Phi) is 2.82. The van der Waals surface area contributed by atoms with Gasteiger partial charge in [-0.2, -0.15) is 0 Å². The molecule has 1 atom stereocenters. The van der Waals surface area contributed by atoms with E-state index in [-0.39, 0.29) is 5.92 Å². The molecule has 0 aliphatic rings. The topological polar surface area (TPSA) is 17.1 Å². The van der Waals surface area contributed by atoms with Gasteiger partial charge in [0, 0.05) is 6.42 Å². The Balaban J connectivity index is 3.72. The minimum atomic E-state index is -1.22. The van der Waals surface area contributed by atoms with Gasteiger partial charge in [0.05, 0.1) is 0 Å². The molecular formula is C7H13FO. The van der Waals surface area contributed by atoms with Crippen LogP contribution in [0.25, 0.3) is 0 Å². The Labute approximate surface area is 55.3 Å². The van der Waals surface area contributed by atoms with Crippen LogP contribution in [-0.2, 0) is 4.79 Å². The van der Waals surface area contributed by atoms with Crippen molar-refractivity contribution >= 4 is 6.29 Å². The van der Waals surface area contributed by atoms with Crippen molar-refractivity contribution in [2.24, 2.45) is 5.92 Å². The van der Waals surface area contributed by atoms with Crippen molar-refractivity contribution in [3.8, 4) is 0 Å². The SMILES string of the molecule is CC(CC=O)C(C)(C)F. The highest BCUT2D eigenvalue weighted by atomic mass is 19.1. The molecule has 0 aromatic heterocycles. The van der Waals surface area contributed by atoms with Gasteiger partial charge in [0.25, 0.3) is 0 Å². The molecule has 0 saturated carbocycles. The normalized spacial score (nSPS) is 15.1. The fourth-order valence-corrected chi connectivity index (χ4v) is 0.425. The van der Waals surface area contributed by atoms with Crippen molar-refractivity contribution in [1.82, 2.24) is 0 Å². The fraction of sp³-hybridized carbons (Fsp3) is 0.857. The van der Waals surface area contributed by atoms with Gasteiger partial charge in [-0.05, 0) is 19.8 Å². The molecule has 2 heteroatoms. The van der Waals surface area contributed by atoms with Crippen LogP contribution in [0.5, 0.6) is 0 Å². The maximum absolute atomic E-state index is 12.8. The molecule has 0 radical (unpaired) electrons. The van der Waals surface area contributed by atoms with Crippen LogP contribution in [0.2, 0.25) is 0 Å². The second kappa shape index (κ2) is 2.95. The lowest BCUT2D eigenvalue weighted by Crippen LogP contribution is -2.23. The highest BCUT2D eigenvalue weighted by Crippen LogP contribution is 2.22. The van der Waals surface area contributed by atoms with E-state index in [9.17, 15) is 9.18 Å². The van der Waals surface area contributed by atoms with Gasteiger partial charge < -0.3 is 4.79 Å². The highest BCUT2D eigenvalue weighted by Gasteiger charge is 2.23. The summed E-state index contributed by atoms with van der Waals surface area (Å²) in [7, 11) is 0. The van der Waals surface area contributed by atoms with Gasteiger partial charge in [0.15, 0.2) is 0 Å². The second-order valence-electron chi connectivity index (χ2n) is 2.87. The van der Waals surface area contributed by atoms with Gasteiger partial charge in [-0.3, -0.25) is 0 Å². The molecule has 0 aromatic carbocycles. The maximum Gasteiger partial charge on any atom is 0.120 e. The largest absolute Gasteiger partial charge is 0.303 e. The van der Waals surface area contributed by atoms with Crippen molar-refractivity contribution in [3.05, 3.63) is 0 Å². The molecule has 9 heavy (non-hydrogen) atoms. The average molecular weight is 132 g/mol. The molecule has 0 amide bonds. The van der Waals surface area contributed by atoms with Gasteiger partial charge in [0.1, 0.15) is 12.0 Å². The minimum Gasteiger partial charge on any atom is -0.303 e.